The molecule has 0 atom stereocenters. The normalized spacial score (nSPS) is 16.1. The van der Waals surface area contributed by atoms with E-state index in [-0.39, 0.29) is 0 Å². The van der Waals surface area contributed by atoms with Crippen LogP contribution in [0.4, 0.5) is 5.69 Å². The Labute approximate surface area is 110 Å². The van der Waals surface area contributed by atoms with Crippen LogP contribution in [-0.2, 0) is 0 Å². The maximum atomic E-state index is 5.90. The van der Waals surface area contributed by atoms with E-state index in [1.54, 1.807) is 0 Å². The van der Waals surface area contributed by atoms with E-state index in [1.165, 1.54) is 25.9 Å². The van der Waals surface area contributed by atoms with Gasteiger partial charge in [0.15, 0.2) is 0 Å². The average Bonchev–Trinajstić information content (AvgIpc) is 2.79. The minimum atomic E-state index is 0.794. The lowest BCUT2D eigenvalue weighted by molar-refractivity contribution is 0.261. The standard InChI is InChI=1S/C15H24N2O/c1-12-10-14(16)11-13(2)15(12)18-9-5-8-17-6-3-4-7-17/h10-11H,3-9,16H2,1-2H3. The van der Waals surface area contributed by atoms with Gasteiger partial charge >= 0.3 is 0 Å². The van der Waals surface area contributed by atoms with E-state index in [2.05, 4.69) is 18.7 Å². The molecule has 0 bridgehead atoms. The molecule has 0 aromatic heterocycles. The minimum Gasteiger partial charge on any atom is -0.493 e. The molecule has 18 heavy (non-hydrogen) atoms. The summed E-state index contributed by atoms with van der Waals surface area (Å²) in [5, 5.41) is 0. The fourth-order valence-corrected chi connectivity index (χ4v) is 2.68. The van der Waals surface area contributed by atoms with Crippen molar-refractivity contribution in [2.45, 2.75) is 33.1 Å². The Morgan fingerprint density at radius 1 is 1.17 bits per heavy atom. The van der Waals surface area contributed by atoms with Crippen LogP contribution in [0.25, 0.3) is 0 Å². The van der Waals surface area contributed by atoms with E-state index in [9.17, 15) is 0 Å². The van der Waals surface area contributed by atoms with Gasteiger partial charge in [0, 0.05) is 12.2 Å². The van der Waals surface area contributed by atoms with Gasteiger partial charge in [0.25, 0.3) is 0 Å². The van der Waals surface area contributed by atoms with Crippen LogP contribution in [0, 0.1) is 13.8 Å². The Bertz CT molecular complexity index is 374. The maximum absolute atomic E-state index is 5.90. The van der Waals surface area contributed by atoms with Crippen molar-refractivity contribution in [1.82, 2.24) is 4.90 Å². The van der Waals surface area contributed by atoms with Crippen molar-refractivity contribution >= 4 is 5.69 Å². The number of ether oxygens (including phenoxy) is 1. The molecule has 1 saturated heterocycles. The van der Waals surface area contributed by atoms with Crippen LogP contribution in [0.2, 0.25) is 0 Å². The molecule has 1 aromatic rings. The van der Waals surface area contributed by atoms with Crippen LogP contribution in [0.15, 0.2) is 12.1 Å². The van der Waals surface area contributed by atoms with Gasteiger partial charge < -0.3 is 15.4 Å². The molecule has 1 heterocycles. The van der Waals surface area contributed by atoms with Crippen molar-refractivity contribution in [2.24, 2.45) is 0 Å². The van der Waals surface area contributed by atoms with Gasteiger partial charge in [-0.25, -0.2) is 0 Å². The van der Waals surface area contributed by atoms with Crippen molar-refractivity contribution in [3.63, 3.8) is 0 Å². The summed E-state index contributed by atoms with van der Waals surface area (Å²) in [6.45, 7) is 8.59. The number of nitrogen functional groups attached to an aromatic ring is 1. The second kappa shape index (κ2) is 6.10. The summed E-state index contributed by atoms with van der Waals surface area (Å²) in [4.78, 5) is 2.52. The van der Waals surface area contributed by atoms with Crippen LogP contribution in [0.3, 0.4) is 0 Å². The zero-order chi connectivity index (χ0) is 13.0. The number of nitrogens with two attached hydrogens (primary N) is 1. The topological polar surface area (TPSA) is 38.5 Å². The highest BCUT2D eigenvalue weighted by Gasteiger charge is 2.11. The van der Waals surface area contributed by atoms with Crippen molar-refractivity contribution in [1.29, 1.82) is 0 Å². The zero-order valence-electron chi connectivity index (χ0n) is 11.5. The van der Waals surface area contributed by atoms with Gasteiger partial charge in [-0.2, -0.15) is 0 Å². The third-order valence-electron chi connectivity index (χ3n) is 3.55. The zero-order valence-corrected chi connectivity index (χ0v) is 11.5. The fraction of sp³-hybridized carbons (Fsp3) is 0.600. The van der Waals surface area contributed by atoms with Gasteiger partial charge in [-0.05, 0) is 69.5 Å². The highest BCUT2D eigenvalue weighted by atomic mass is 16.5. The summed E-state index contributed by atoms with van der Waals surface area (Å²) in [7, 11) is 0. The largest absolute Gasteiger partial charge is 0.493 e. The van der Waals surface area contributed by atoms with E-state index in [1.807, 2.05) is 12.1 Å². The second-order valence-corrected chi connectivity index (χ2v) is 5.23. The Morgan fingerprint density at radius 2 is 1.78 bits per heavy atom. The Hall–Kier alpha value is -1.22. The summed E-state index contributed by atoms with van der Waals surface area (Å²) < 4.78 is 5.90. The molecule has 1 aliphatic heterocycles. The molecule has 0 unspecified atom stereocenters. The fourth-order valence-electron chi connectivity index (χ4n) is 2.68. The number of benzene rings is 1. The van der Waals surface area contributed by atoms with Gasteiger partial charge in [-0.3, -0.25) is 0 Å². The van der Waals surface area contributed by atoms with Crippen LogP contribution in [0.5, 0.6) is 5.75 Å². The lowest BCUT2D eigenvalue weighted by Crippen LogP contribution is -2.22. The molecule has 1 fully saturated rings. The quantitative estimate of drug-likeness (QED) is 0.643. The van der Waals surface area contributed by atoms with Crippen molar-refractivity contribution in [3.05, 3.63) is 23.3 Å². The highest BCUT2D eigenvalue weighted by molar-refractivity contribution is 5.52. The van der Waals surface area contributed by atoms with Crippen LogP contribution in [-0.4, -0.2) is 31.1 Å². The molecule has 3 heteroatoms. The first kappa shape index (κ1) is 13.2. The molecule has 0 spiro atoms. The van der Waals surface area contributed by atoms with Crippen LogP contribution in [0.1, 0.15) is 30.4 Å². The molecule has 1 aliphatic rings. The number of hydrogen-bond acceptors (Lipinski definition) is 3. The van der Waals surface area contributed by atoms with Gasteiger partial charge in [0.05, 0.1) is 6.61 Å². The predicted octanol–water partition coefficient (Wildman–Crippen LogP) is 2.75. The highest BCUT2D eigenvalue weighted by Crippen LogP contribution is 2.25. The first-order valence-electron chi connectivity index (χ1n) is 6.88. The summed E-state index contributed by atoms with van der Waals surface area (Å²) in [5.74, 6) is 1.01. The molecule has 3 nitrogen and oxygen atoms in total. The Balaban J connectivity index is 1.79. The molecule has 0 aliphatic carbocycles. The minimum absolute atomic E-state index is 0.794. The molecular weight excluding hydrogens is 224 g/mol. The lowest BCUT2D eigenvalue weighted by Gasteiger charge is -2.16. The molecule has 0 radical (unpaired) electrons. The summed E-state index contributed by atoms with van der Waals surface area (Å²) in [6.07, 6.45) is 3.82. The molecule has 0 amide bonds. The smallest absolute Gasteiger partial charge is 0.125 e. The molecule has 2 rings (SSSR count). The third-order valence-corrected chi connectivity index (χ3v) is 3.55. The SMILES string of the molecule is Cc1cc(N)cc(C)c1OCCCN1CCCC1. The molecule has 2 N–H and O–H groups in total. The van der Waals surface area contributed by atoms with E-state index in [0.29, 0.717) is 0 Å². The first-order valence-corrected chi connectivity index (χ1v) is 6.88. The van der Waals surface area contributed by atoms with E-state index < -0.39 is 0 Å². The predicted molar refractivity (Wildman–Crippen MR) is 76.1 cm³/mol. The van der Waals surface area contributed by atoms with E-state index >= 15 is 0 Å². The summed E-state index contributed by atoms with van der Waals surface area (Å²) in [6, 6.07) is 3.95. The number of hydrogen-bond donors (Lipinski definition) is 1. The van der Waals surface area contributed by atoms with Gasteiger partial charge in [-0.1, -0.05) is 0 Å². The van der Waals surface area contributed by atoms with Crippen LogP contribution < -0.4 is 10.5 Å². The molecule has 0 saturated carbocycles. The second-order valence-electron chi connectivity index (χ2n) is 5.23. The molecular formula is C15H24N2O. The molecule has 100 valence electrons. The van der Waals surface area contributed by atoms with Crippen molar-refractivity contribution in [2.75, 3.05) is 32.0 Å². The first-order chi connectivity index (χ1) is 8.66. The van der Waals surface area contributed by atoms with E-state index in [0.717, 1.165) is 42.1 Å². The van der Waals surface area contributed by atoms with Gasteiger partial charge in [0.2, 0.25) is 0 Å². The van der Waals surface area contributed by atoms with E-state index in [4.69, 9.17) is 10.5 Å². The van der Waals surface area contributed by atoms with Crippen LogP contribution >= 0.6 is 0 Å². The van der Waals surface area contributed by atoms with Gasteiger partial charge in [0.1, 0.15) is 5.75 Å². The van der Waals surface area contributed by atoms with Crippen molar-refractivity contribution in [3.8, 4) is 5.75 Å². The lowest BCUT2D eigenvalue weighted by atomic mass is 10.1. The number of anilines is 1. The van der Waals surface area contributed by atoms with Crippen molar-refractivity contribution < 1.29 is 4.74 Å². The number of aryl methyl sites for hydroxylation is 2. The monoisotopic (exact) mass is 248 g/mol. The summed E-state index contributed by atoms with van der Waals surface area (Å²) in [5.41, 5.74) is 8.88. The summed E-state index contributed by atoms with van der Waals surface area (Å²) >= 11 is 0. The maximum Gasteiger partial charge on any atom is 0.125 e. The average molecular weight is 248 g/mol. The molecule has 1 aromatic carbocycles. The van der Waals surface area contributed by atoms with Gasteiger partial charge in [-0.15, -0.1) is 0 Å². The number of rotatable bonds is 5. The number of nitrogens with zero attached hydrogens (tertiary/aromatic N) is 1. The Morgan fingerprint density at radius 3 is 2.39 bits per heavy atom. The Kier molecular flexibility index (Phi) is 4.48. The number of likely N-dealkylation sites (tertiary alicyclic amines) is 1. The third kappa shape index (κ3) is 3.39.